The van der Waals surface area contributed by atoms with E-state index < -0.39 is 23.5 Å². The zero-order valence-corrected chi connectivity index (χ0v) is 21.9. The number of aromatic nitrogens is 2. The molecule has 3 heterocycles. The molecule has 188 valence electrons. The molecule has 1 unspecified atom stereocenters. The van der Waals surface area contributed by atoms with Crippen molar-refractivity contribution in [3.05, 3.63) is 81.6 Å². The minimum absolute atomic E-state index is 0.0737. The number of anilines is 1. The number of carbonyl (C=O) groups is 2. The molecule has 0 aliphatic carbocycles. The summed E-state index contributed by atoms with van der Waals surface area (Å²) in [7, 11) is 1.37. The van der Waals surface area contributed by atoms with Gasteiger partial charge in [-0.25, -0.2) is 4.98 Å². The van der Waals surface area contributed by atoms with E-state index >= 15 is 0 Å². The van der Waals surface area contributed by atoms with Crippen LogP contribution in [-0.2, 0) is 9.59 Å². The van der Waals surface area contributed by atoms with E-state index in [2.05, 4.69) is 9.97 Å². The van der Waals surface area contributed by atoms with Crippen molar-refractivity contribution in [3.8, 4) is 11.5 Å². The molecule has 1 fully saturated rings. The van der Waals surface area contributed by atoms with Gasteiger partial charge in [0.1, 0.15) is 23.3 Å². The number of fused-ring (bicyclic) bond motifs is 1. The summed E-state index contributed by atoms with van der Waals surface area (Å²) in [6.45, 7) is 2.39. The molecule has 4 aromatic rings. The smallest absolute Gasteiger partial charge is 0.301 e. The van der Waals surface area contributed by atoms with Crippen LogP contribution in [0.5, 0.6) is 11.5 Å². The Kier molecular flexibility index (Phi) is 6.76. The molecule has 1 N–H and O–H groups in total. The van der Waals surface area contributed by atoms with Crippen LogP contribution < -0.4 is 14.4 Å². The third-order valence-corrected chi connectivity index (χ3v) is 7.26. The zero-order valence-electron chi connectivity index (χ0n) is 19.6. The maximum absolute atomic E-state index is 13.4. The van der Waals surface area contributed by atoms with Crippen molar-refractivity contribution in [2.45, 2.75) is 13.0 Å². The highest BCUT2D eigenvalue weighted by atomic mass is 35.5. The lowest BCUT2D eigenvalue weighted by atomic mass is 9.98. The van der Waals surface area contributed by atoms with Crippen molar-refractivity contribution in [1.29, 1.82) is 0 Å². The number of rotatable bonds is 6. The van der Waals surface area contributed by atoms with Crippen molar-refractivity contribution in [3.63, 3.8) is 0 Å². The number of aliphatic hydroxyl groups excluding tert-OH is 1. The van der Waals surface area contributed by atoms with Gasteiger partial charge in [-0.2, -0.15) is 0 Å². The number of nitrogens with zero attached hydrogens (tertiary/aromatic N) is 3. The van der Waals surface area contributed by atoms with Crippen LogP contribution in [0.15, 0.2) is 60.3 Å². The summed E-state index contributed by atoms with van der Waals surface area (Å²) in [6.07, 6.45) is 1.54. The first-order valence-corrected chi connectivity index (χ1v) is 12.7. The molecule has 0 saturated carbocycles. The molecular formula is C26H19Cl2N3O5S. The number of benzene rings is 2. The summed E-state index contributed by atoms with van der Waals surface area (Å²) in [6, 6.07) is 12.3. The molecule has 1 aliphatic rings. The van der Waals surface area contributed by atoms with E-state index in [4.69, 9.17) is 32.7 Å². The molecule has 2 aromatic carbocycles. The topological polar surface area (TPSA) is 102 Å². The first-order chi connectivity index (χ1) is 17.8. The van der Waals surface area contributed by atoms with E-state index in [1.54, 1.807) is 36.5 Å². The van der Waals surface area contributed by atoms with Gasteiger partial charge in [-0.1, -0.05) is 40.6 Å². The molecule has 0 bridgehead atoms. The maximum atomic E-state index is 13.4. The molecule has 1 atom stereocenters. The fraction of sp³-hybridized carbons (Fsp3) is 0.154. The molecule has 1 aliphatic heterocycles. The van der Waals surface area contributed by atoms with Crippen LogP contribution in [-0.4, -0.2) is 40.5 Å². The average Bonchev–Trinajstić information content (AvgIpc) is 3.41. The molecule has 1 amide bonds. The summed E-state index contributed by atoms with van der Waals surface area (Å²) in [4.78, 5) is 37.1. The monoisotopic (exact) mass is 555 g/mol. The van der Waals surface area contributed by atoms with E-state index in [1.807, 2.05) is 13.0 Å². The highest BCUT2D eigenvalue weighted by Gasteiger charge is 2.49. The number of pyridine rings is 1. The van der Waals surface area contributed by atoms with Gasteiger partial charge in [-0.15, -0.1) is 0 Å². The van der Waals surface area contributed by atoms with Gasteiger partial charge in [0.25, 0.3) is 5.78 Å². The number of carbonyl (C=O) groups excluding carboxylic acids is 2. The van der Waals surface area contributed by atoms with Gasteiger partial charge in [0.05, 0.1) is 45.8 Å². The number of aliphatic hydroxyl groups is 1. The van der Waals surface area contributed by atoms with E-state index in [0.29, 0.717) is 23.6 Å². The lowest BCUT2D eigenvalue weighted by Gasteiger charge is -2.22. The normalized spacial score (nSPS) is 17.0. The van der Waals surface area contributed by atoms with Gasteiger partial charge in [0.15, 0.2) is 5.13 Å². The first kappa shape index (κ1) is 25.0. The molecule has 2 aromatic heterocycles. The second-order valence-corrected chi connectivity index (χ2v) is 9.80. The molecule has 37 heavy (non-hydrogen) atoms. The van der Waals surface area contributed by atoms with E-state index in [-0.39, 0.29) is 32.1 Å². The third-order valence-electron chi connectivity index (χ3n) is 5.75. The molecule has 8 nitrogen and oxygen atoms in total. The van der Waals surface area contributed by atoms with Crippen molar-refractivity contribution >= 4 is 67.3 Å². The number of Topliss-reactive ketones (excluding diaryl/α,β-unsaturated/α-hetero) is 1. The number of methoxy groups -OCH3 is 1. The van der Waals surface area contributed by atoms with Crippen LogP contribution in [0.1, 0.15) is 24.2 Å². The predicted molar refractivity (Wildman–Crippen MR) is 143 cm³/mol. The molecule has 11 heteroatoms. The van der Waals surface area contributed by atoms with E-state index in [9.17, 15) is 14.7 Å². The third kappa shape index (κ3) is 4.39. The number of halogens is 2. The predicted octanol–water partition coefficient (Wildman–Crippen LogP) is 6.03. The lowest BCUT2D eigenvalue weighted by molar-refractivity contribution is -0.132. The Morgan fingerprint density at radius 1 is 1.16 bits per heavy atom. The number of ether oxygens (including phenoxy) is 2. The standard InChI is InChI=1S/C26H19Cl2N3O5S/c1-3-36-14-7-8-17-19(12-14)37-26(30-17)31-21(18-6-4-5-9-29-18)20(23(33)25(31)34)22(32)15-10-13(27)11-16(28)24(15)35-2/h4-12,21,32H,3H2,1-2H3/b22-20+. The van der Waals surface area contributed by atoms with Crippen LogP contribution in [0.4, 0.5) is 5.13 Å². The number of hydrogen-bond donors (Lipinski definition) is 1. The van der Waals surface area contributed by atoms with Gasteiger partial charge >= 0.3 is 5.91 Å². The Bertz CT molecular complexity index is 1570. The Balaban J connectivity index is 1.73. The summed E-state index contributed by atoms with van der Waals surface area (Å²) in [5, 5.41) is 12.0. The second-order valence-electron chi connectivity index (χ2n) is 7.95. The Hall–Kier alpha value is -3.66. The summed E-state index contributed by atoms with van der Waals surface area (Å²) >= 11 is 13.7. The van der Waals surface area contributed by atoms with Crippen LogP contribution in [0.25, 0.3) is 16.0 Å². The molecule has 0 spiro atoms. The Morgan fingerprint density at radius 2 is 1.97 bits per heavy atom. The summed E-state index contributed by atoms with van der Waals surface area (Å²) < 4.78 is 11.7. The molecule has 1 saturated heterocycles. The van der Waals surface area contributed by atoms with Gasteiger partial charge in [-0.3, -0.25) is 19.5 Å². The van der Waals surface area contributed by atoms with Crippen molar-refractivity contribution in [2.75, 3.05) is 18.6 Å². The largest absolute Gasteiger partial charge is 0.507 e. The van der Waals surface area contributed by atoms with E-state index in [1.165, 1.54) is 35.5 Å². The quantitative estimate of drug-likeness (QED) is 0.176. The number of hydrogen-bond acceptors (Lipinski definition) is 8. The summed E-state index contributed by atoms with van der Waals surface area (Å²) in [5.74, 6) is -1.47. The minimum atomic E-state index is -1.06. The van der Waals surface area contributed by atoms with Crippen LogP contribution in [0.3, 0.4) is 0 Å². The fourth-order valence-electron chi connectivity index (χ4n) is 4.19. The fourth-order valence-corrected chi connectivity index (χ4v) is 5.78. The lowest BCUT2D eigenvalue weighted by Crippen LogP contribution is -2.29. The highest BCUT2D eigenvalue weighted by molar-refractivity contribution is 7.22. The van der Waals surface area contributed by atoms with Crippen LogP contribution in [0.2, 0.25) is 10.0 Å². The zero-order chi connectivity index (χ0) is 26.3. The first-order valence-electron chi connectivity index (χ1n) is 11.1. The number of thiazole rings is 1. The average molecular weight is 556 g/mol. The molecule has 0 radical (unpaired) electrons. The van der Waals surface area contributed by atoms with E-state index in [0.717, 1.165) is 4.70 Å². The summed E-state index contributed by atoms with van der Waals surface area (Å²) in [5.41, 5.74) is 0.886. The van der Waals surface area contributed by atoms with Crippen LogP contribution >= 0.6 is 34.5 Å². The van der Waals surface area contributed by atoms with Gasteiger partial charge in [0, 0.05) is 11.2 Å². The SMILES string of the molecule is CCOc1ccc2nc(N3C(=O)C(=O)/C(=C(/O)c4cc(Cl)cc(Cl)c4OC)C3c3ccccn3)sc2c1. The van der Waals surface area contributed by atoms with Gasteiger partial charge < -0.3 is 14.6 Å². The Labute approximate surface area is 225 Å². The molecule has 5 rings (SSSR count). The van der Waals surface area contributed by atoms with Crippen molar-refractivity contribution in [1.82, 2.24) is 9.97 Å². The van der Waals surface area contributed by atoms with Crippen molar-refractivity contribution < 1.29 is 24.2 Å². The van der Waals surface area contributed by atoms with Gasteiger partial charge in [0.2, 0.25) is 0 Å². The second kappa shape index (κ2) is 10.0. The number of amides is 1. The maximum Gasteiger partial charge on any atom is 0.301 e. The van der Waals surface area contributed by atoms with Crippen LogP contribution in [0, 0.1) is 0 Å². The number of ketones is 1. The molecular weight excluding hydrogens is 537 g/mol. The highest BCUT2D eigenvalue weighted by Crippen LogP contribution is 2.46. The van der Waals surface area contributed by atoms with Crippen molar-refractivity contribution in [2.24, 2.45) is 0 Å². The van der Waals surface area contributed by atoms with Gasteiger partial charge in [-0.05, 0) is 49.4 Å². The Morgan fingerprint density at radius 3 is 2.68 bits per heavy atom. The minimum Gasteiger partial charge on any atom is -0.507 e.